The first-order chi connectivity index (χ1) is 13.3. The molecule has 3 aromatic heterocycles. The minimum absolute atomic E-state index is 0.579. The number of pyridine rings is 1. The van der Waals surface area contributed by atoms with Crippen LogP contribution in [0.25, 0.3) is 10.9 Å². The average molecular weight is 361 g/mol. The maximum Gasteiger partial charge on any atom is 0.151 e. The highest BCUT2D eigenvalue weighted by Gasteiger charge is 2.29. The van der Waals surface area contributed by atoms with Crippen molar-refractivity contribution in [3.05, 3.63) is 41.6 Å². The van der Waals surface area contributed by atoms with E-state index in [9.17, 15) is 0 Å². The Hall–Kier alpha value is -2.83. The van der Waals surface area contributed by atoms with Crippen LogP contribution in [0.4, 0.5) is 11.6 Å². The molecular formula is C20H23N7. The Kier molecular flexibility index (Phi) is 4.07. The summed E-state index contributed by atoms with van der Waals surface area (Å²) in [6.07, 6.45) is 8.31. The summed E-state index contributed by atoms with van der Waals surface area (Å²) in [5, 5.41) is 13.4. The van der Waals surface area contributed by atoms with Crippen molar-refractivity contribution in [1.29, 1.82) is 0 Å². The molecule has 0 spiro atoms. The predicted octanol–water partition coefficient (Wildman–Crippen LogP) is 2.55. The summed E-state index contributed by atoms with van der Waals surface area (Å²) in [5.41, 5.74) is 3.47. The van der Waals surface area contributed by atoms with Gasteiger partial charge in [-0.05, 0) is 50.3 Å². The van der Waals surface area contributed by atoms with Crippen molar-refractivity contribution in [2.45, 2.75) is 32.6 Å². The molecule has 0 atom stereocenters. The topological polar surface area (TPSA) is 79.7 Å². The number of aryl methyl sites for hydroxylation is 3. The first-order valence-corrected chi connectivity index (χ1v) is 9.69. The lowest BCUT2D eigenvalue weighted by atomic mass is 9.95. The standard InChI is InChI=1S/C20H23N7/c1-13-23-18-10-21-7-6-16(18)20(24-13)22-9-14-11-27(12-14)19-8-15-4-2-3-5-17(15)25-26-19/h6-8,10,14H,2-5,9,11-12H2,1H3,(H,22,23,24). The molecule has 0 amide bonds. The number of nitrogens with zero attached hydrogens (tertiary/aromatic N) is 6. The Morgan fingerprint density at radius 3 is 2.96 bits per heavy atom. The molecule has 3 aromatic rings. The second-order valence-electron chi connectivity index (χ2n) is 7.55. The molecule has 138 valence electrons. The van der Waals surface area contributed by atoms with E-state index in [0.717, 1.165) is 60.8 Å². The second-order valence-corrected chi connectivity index (χ2v) is 7.55. The fraction of sp³-hybridized carbons (Fsp3) is 0.450. The lowest BCUT2D eigenvalue weighted by molar-refractivity contribution is 0.424. The molecule has 1 saturated heterocycles. The number of anilines is 2. The number of aromatic nitrogens is 5. The van der Waals surface area contributed by atoms with E-state index in [1.165, 1.54) is 24.1 Å². The third-order valence-corrected chi connectivity index (χ3v) is 5.51. The molecule has 1 N–H and O–H groups in total. The van der Waals surface area contributed by atoms with Crippen molar-refractivity contribution in [2.24, 2.45) is 5.92 Å². The Labute approximate surface area is 158 Å². The number of nitrogens with one attached hydrogen (secondary N) is 1. The van der Waals surface area contributed by atoms with Gasteiger partial charge >= 0.3 is 0 Å². The molecule has 0 unspecified atom stereocenters. The zero-order chi connectivity index (χ0) is 18.2. The predicted molar refractivity (Wildman–Crippen MR) is 105 cm³/mol. The fourth-order valence-electron chi connectivity index (χ4n) is 3.99. The van der Waals surface area contributed by atoms with Crippen molar-refractivity contribution in [3.63, 3.8) is 0 Å². The number of hydrogen-bond donors (Lipinski definition) is 1. The molecule has 4 heterocycles. The van der Waals surface area contributed by atoms with Gasteiger partial charge in [0.15, 0.2) is 5.82 Å². The van der Waals surface area contributed by atoms with Crippen LogP contribution in [0.15, 0.2) is 24.5 Å². The highest BCUT2D eigenvalue weighted by atomic mass is 15.3. The van der Waals surface area contributed by atoms with E-state index in [1.807, 2.05) is 13.0 Å². The molecule has 27 heavy (non-hydrogen) atoms. The van der Waals surface area contributed by atoms with E-state index in [0.29, 0.717) is 5.92 Å². The van der Waals surface area contributed by atoms with E-state index in [4.69, 9.17) is 0 Å². The summed E-state index contributed by atoms with van der Waals surface area (Å²) in [5.74, 6) is 3.26. The molecule has 7 nitrogen and oxygen atoms in total. The maximum atomic E-state index is 4.57. The zero-order valence-corrected chi connectivity index (χ0v) is 15.5. The van der Waals surface area contributed by atoms with Crippen LogP contribution in [0.5, 0.6) is 0 Å². The van der Waals surface area contributed by atoms with Crippen LogP contribution in [0.1, 0.15) is 29.9 Å². The summed E-state index contributed by atoms with van der Waals surface area (Å²) in [4.78, 5) is 15.5. The lowest BCUT2D eigenvalue weighted by Crippen LogP contribution is -2.50. The van der Waals surface area contributed by atoms with E-state index in [-0.39, 0.29) is 0 Å². The monoisotopic (exact) mass is 361 g/mol. The normalized spacial score (nSPS) is 16.9. The average Bonchev–Trinajstić information content (AvgIpc) is 2.66. The maximum absolute atomic E-state index is 4.57. The molecule has 7 heteroatoms. The van der Waals surface area contributed by atoms with Crippen LogP contribution in [-0.2, 0) is 12.8 Å². The largest absolute Gasteiger partial charge is 0.369 e. The van der Waals surface area contributed by atoms with Gasteiger partial charge in [0.05, 0.1) is 17.4 Å². The van der Waals surface area contributed by atoms with E-state index in [2.05, 4.69) is 41.4 Å². The Morgan fingerprint density at radius 2 is 2.04 bits per heavy atom. The molecule has 1 aliphatic heterocycles. The van der Waals surface area contributed by atoms with Crippen molar-refractivity contribution < 1.29 is 0 Å². The van der Waals surface area contributed by atoms with E-state index in [1.54, 1.807) is 12.4 Å². The quantitative estimate of drug-likeness (QED) is 0.765. The summed E-state index contributed by atoms with van der Waals surface area (Å²) in [7, 11) is 0. The zero-order valence-electron chi connectivity index (χ0n) is 15.5. The molecule has 1 aliphatic carbocycles. The van der Waals surface area contributed by atoms with Crippen LogP contribution in [-0.4, -0.2) is 44.8 Å². The van der Waals surface area contributed by atoms with Crippen LogP contribution >= 0.6 is 0 Å². The van der Waals surface area contributed by atoms with Gasteiger partial charge in [-0.3, -0.25) is 4.98 Å². The summed E-state index contributed by atoms with van der Waals surface area (Å²) in [6, 6.07) is 4.21. The summed E-state index contributed by atoms with van der Waals surface area (Å²) < 4.78 is 0. The first-order valence-electron chi connectivity index (χ1n) is 9.69. The van der Waals surface area contributed by atoms with Crippen molar-refractivity contribution >= 4 is 22.5 Å². The van der Waals surface area contributed by atoms with Gasteiger partial charge in [-0.15, -0.1) is 5.10 Å². The Balaban J connectivity index is 1.23. The van der Waals surface area contributed by atoms with Crippen LogP contribution in [0.3, 0.4) is 0 Å². The van der Waals surface area contributed by atoms with Crippen molar-refractivity contribution in [2.75, 3.05) is 29.9 Å². The Morgan fingerprint density at radius 1 is 1.15 bits per heavy atom. The Bertz CT molecular complexity index is 981. The number of hydrogen-bond acceptors (Lipinski definition) is 7. The van der Waals surface area contributed by atoms with Gasteiger partial charge in [-0.1, -0.05) is 0 Å². The number of rotatable bonds is 4. The minimum atomic E-state index is 0.579. The van der Waals surface area contributed by atoms with Gasteiger partial charge in [0.1, 0.15) is 11.6 Å². The van der Waals surface area contributed by atoms with Crippen molar-refractivity contribution in [3.8, 4) is 0 Å². The van der Waals surface area contributed by atoms with Crippen LogP contribution in [0, 0.1) is 12.8 Å². The first kappa shape index (κ1) is 16.4. The lowest BCUT2D eigenvalue weighted by Gasteiger charge is -2.40. The second kappa shape index (κ2) is 6.72. The van der Waals surface area contributed by atoms with Gasteiger partial charge in [0.2, 0.25) is 0 Å². The van der Waals surface area contributed by atoms with Crippen molar-refractivity contribution in [1.82, 2.24) is 25.1 Å². The van der Waals surface area contributed by atoms with Gasteiger partial charge in [-0.25, -0.2) is 9.97 Å². The summed E-state index contributed by atoms with van der Waals surface area (Å²) >= 11 is 0. The summed E-state index contributed by atoms with van der Waals surface area (Å²) in [6.45, 7) is 4.81. The van der Waals surface area contributed by atoms with Gasteiger partial charge in [-0.2, -0.15) is 5.10 Å². The molecule has 2 aliphatic rings. The van der Waals surface area contributed by atoms with Gasteiger partial charge < -0.3 is 10.2 Å². The minimum Gasteiger partial charge on any atom is -0.369 e. The van der Waals surface area contributed by atoms with Gasteiger partial charge in [0, 0.05) is 37.1 Å². The molecule has 0 aromatic carbocycles. The molecule has 0 radical (unpaired) electrons. The SMILES string of the molecule is Cc1nc(NCC2CN(c3cc4c(nn3)CCCC4)C2)c2ccncc2n1. The van der Waals surface area contributed by atoms with E-state index >= 15 is 0 Å². The third-order valence-electron chi connectivity index (χ3n) is 5.51. The molecule has 5 rings (SSSR count). The molecule has 0 bridgehead atoms. The van der Waals surface area contributed by atoms with Crippen LogP contribution < -0.4 is 10.2 Å². The third kappa shape index (κ3) is 3.18. The fourth-order valence-corrected chi connectivity index (χ4v) is 3.99. The smallest absolute Gasteiger partial charge is 0.151 e. The molecular weight excluding hydrogens is 338 g/mol. The molecule has 1 fully saturated rings. The van der Waals surface area contributed by atoms with E-state index < -0.39 is 0 Å². The highest BCUT2D eigenvalue weighted by Crippen LogP contribution is 2.27. The number of fused-ring (bicyclic) bond motifs is 2. The van der Waals surface area contributed by atoms with Gasteiger partial charge in [0.25, 0.3) is 0 Å². The highest BCUT2D eigenvalue weighted by molar-refractivity contribution is 5.88. The van der Waals surface area contributed by atoms with Crippen LogP contribution in [0.2, 0.25) is 0 Å². The molecule has 0 saturated carbocycles.